The lowest BCUT2D eigenvalue weighted by atomic mass is 9.93. The Morgan fingerprint density at radius 1 is 1.36 bits per heavy atom. The van der Waals surface area contributed by atoms with E-state index in [1.54, 1.807) is 34.4 Å². The highest BCUT2D eigenvalue weighted by molar-refractivity contribution is 7.18. The first kappa shape index (κ1) is 19.2. The molecule has 0 aliphatic heterocycles. The van der Waals surface area contributed by atoms with Gasteiger partial charge in [0.15, 0.2) is 0 Å². The maximum absolute atomic E-state index is 13.8. The molecule has 0 saturated heterocycles. The fourth-order valence-electron chi connectivity index (χ4n) is 3.86. The molecule has 1 aromatic carbocycles. The molecular formula is C21H24FN3O2S. The Hall–Kier alpha value is -2.09. The van der Waals surface area contributed by atoms with Gasteiger partial charge >= 0.3 is 0 Å². The van der Waals surface area contributed by atoms with Crippen molar-refractivity contribution in [1.29, 1.82) is 0 Å². The molecule has 148 valence electrons. The van der Waals surface area contributed by atoms with Gasteiger partial charge in [-0.05, 0) is 55.8 Å². The minimum Gasteiger partial charge on any atom is -0.396 e. The molecule has 1 aliphatic rings. The zero-order chi connectivity index (χ0) is 19.5. The van der Waals surface area contributed by atoms with Gasteiger partial charge in [-0.15, -0.1) is 11.3 Å². The molecule has 2 aromatic heterocycles. The van der Waals surface area contributed by atoms with Crippen LogP contribution < -0.4 is 10.9 Å². The second-order valence-corrected chi connectivity index (χ2v) is 8.32. The smallest absolute Gasteiger partial charge is 0.262 e. The van der Waals surface area contributed by atoms with Crippen LogP contribution in [0.2, 0.25) is 0 Å². The number of benzene rings is 1. The first-order chi connectivity index (χ1) is 13.7. The van der Waals surface area contributed by atoms with Crippen molar-refractivity contribution in [3.8, 4) is 0 Å². The Morgan fingerprint density at radius 3 is 3.04 bits per heavy atom. The van der Waals surface area contributed by atoms with E-state index in [1.165, 1.54) is 10.9 Å². The van der Waals surface area contributed by atoms with E-state index in [2.05, 4.69) is 10.3 Å². The molecule has 0 fully saturated rings. The predicted octanol–water partition coefficient (Wildman–Crippen LogP) is 2.67. The number of rotatable bonds is 7. The summed E-state index contributed by atoms with van der Waals surface area (Å²) >= 11 is 1.61. The number of fused-ring (bicyclic) bond motifs is 3. The average Bonchev–Trinajstić information content (AvgIpc) is 3.07. The predicted molar refractivity (Wildman–Crippen MR) is 110 cm³/mol. The standard InChI is InChI=1S/C21H24FN3O2S/c22-17-5-2-1-4-14(17)8-10-25-13-24-20-19(21(25)27)16-7-6-15(12-18(16)28-20)23-9-3-11-26/h1-2,4-5,13,15,23,26H,3,6-12H2. The number of thiophene rings is 1. The minimum atomic E-state index is -0.239. The van der Waals surface area contributed by atoms with Crippen molar-refractivity contribution in [3.63, 3.8) is 0 Å². The summed E-state index contributed by atoms with van der Waals surface area (Å²) in [7, 11) is 0. The Balaban J connectivity index is 1.55. The van der Waals surface area contributed by atoms with Crippen molar-refractivity contribution < 1.29 is 9.50 Å². The molecule has 0 radical (unpaired) electrons. The summed E-state index contributed by atoms with van der Waals surface area (Å²) in [4.78, 5) is 19.6. The topological polar surface area (TPSA) is 67.2 Å². The van der Waals surface area contributed by atoms with Gasteiger partial charge in [0.25, 0.3) is 5.56 Å². The number of aliphatic hydroxyl groups is 1. The number of nitrogens with zero attached hydrogens (tertiary/aromatic N) is 2. The Labute approximate surface area is 166 Å². The number of hydrogen-bond acceptors (Lipinski definition) is 5. The highest BCUT2D eigenvalue weighted by atomic mass is 32.1. The summed E-state index contributed by atoms with van der Waals surface area (Å²) in [6.07, 6.45) is 5.54. The van der Waals surface area contributed by atoms with Crippen molar-refractivity contribution in [2.75, 3.05) is 13.2 Å². The van der Waals surface area contributed by atoms with E-state index < -0.39 is 0 Å². The van der Waals surface area contributed by atoms with Gasteiger partial charge in [0.2, 0.25) is 0 Å². The zero-order valence-corrected chi connectivity index (χ0v) is 16.5. The quantitative estimate of drug-likeness (QED) is 0.598. The van der Waals surface area contributed by atoms with E-state index in [9.17, 15) is 9.18 Å². The van der Waals surface area contributed by atoms with Crippen molar-refractivity contribution in [1.82, 2.24) is 14.9 Å². The van der Waals surface area contributed by atoms with Crippen LogP contribution in [0, 0.1) is 5.82 Å². The lowest BCUT2D eigenvalue weighted by Gasteiger charge is -2.23. The van der Waals surface area contributed by atoms with Crippen LogP contribution in [0.25, 0.3) is 10.2 Å². The van der Waals surface area contributed by atoms with E-state index in [4.69, 9.17) is 5.11 Å². The lowest BCUT2D eigenvalue weighted by Crippen LogP contribution is -2.35. The molecule has 1 atom stereocenters. The lowest BCUT2D eigenvalue weighted by molar-refractivity contribution is 0.281. The minimum absolute atomic E-state index is 0.0227. The fourth-order valence-corrected chi connectivity index (χ4v) is 5.12. The average molecular weight is 402 g/mol. The highest BCUT2D eigenvalue weighted by Gasteiger charge is 2.24. The van der Waals surface area contributed by atoms with Crippen molar-refractivity contribution in [2.24, 2.45) is 0 Å². The maximum atomic E-state index is 13.8. The van der Waals surface area contributed by atoms with Gasteiger partial charge in [0, 0.05) is 24.1 Å². The molecule has 3 aromatic rings. The summed E-state index contributed by atoms with van der Waals surface area (Å²) in [5.74, 6) is -0.239. The molecule has 0 spiro atoms. The zero-order valence-electron chi connectivity index (χ0n) is 15.7. The van der Waals surface area contributed by atoms with E-state index in [-0.39, 0.29) is 18.0 Å². The van der Waals surface area contributed by atoms with Crippen molar-refractivity contribution in [3.05, 3.63) is 62.8 Å². The molecule has 5 nitrogen and oxygen atoms in total. The van der Waals surface area contributed by atoms with Crippen LogP contribution in [0.5, 0.6) is 0 Å². The first-order valence-electron chi connectivity index (χ1n) is 9.74. The van der Waals surface area contributed by atoms with Gasteiger partial charge in [0.1, 0.15) is 10.6 Å². The van der Waals surface area contributed by atoms with Crippen LogP contribution in [0.15, 0.2) is 35.4 Å². The monoisotopic (exact) mass is 401 g/mol. The summed E-state index contributed by atoms with van der Waals surface area (Å²) < 4.78 is 15.5. The van der Waals surface area contributed by atoms with Gasteiger partial charge in [-0.25, -0.2) is 9.37 Å². The molecule has 2 heterocycles. The van der Waals surface area contributed by atoms with Crippen LogP contribution >= 0.6 is 11.3 Å². The van der Waals surface area contributed by atoms with Crippen molar-refractivity contribution >= 4 is 21.6 Å². The molecule has 1 aliphatic carbocycles. The van der Waals surface area contributed by atoms with Crippen molar-refractivity contribution in [2.45, 2.75) is 44.7 Å². The first-order valence-corrected chi connectivity index (χ1v) is 10.6. The van der Waals surface area contributed by atoms with E-state index in [0.717, 1.165) is 48.0 Å². The Bertz CT molecular complexity index is 1030. The summed E-state index contributed by atoms with van der Waals surface area (Å²) in [6, 6.07) is 7.06. The molecule has 0 amide bonds. The number of aromatic nitrogens is 2. The third-order valence-electron chi connectivity index (χ3n) is 5.38. The molecule has 0 saturated carbocycles. The molecule has 28 heavy (non-hydrogen) atoms. The Kier molecular flexibility index (Phi) is 5.85. The fraction of sp³-hybridized carbons (Fsp3) is 0.429. The van der Waals surface area contributed by atoms with E-state index in [0.29, 0.717) is 24.6 Å². The van der Waals surface area contributed by atoms with Crippen LogP contribution in [0.1, 0.15) is 28.8 Å². The van der Waals surface area contributed by atoms with Gasteiger partial charge in [0.05, 0.1) is 11.7 Å². The van der Waals surface area contributed by atoms with Gasteiger partial charge in [-0.1, -0.05) is 18.2 Å². The highest BCUT2D eigenvalue weighted by Crippen LogP contribution is 2.33. The molecule has 2 N–H and O–H groups in total. The molecule has 0 bridgehead atoms. The Morgan fingerprint density at radius 2 is 2.21 bits per heavy atom. The number of hydrogen-bond donors (Lipinski definition) is 2. The van der Waals surface area contributed by atoms with Gasteiger partial charge in [-0.2, -0.15) is 0 Å². The van der Waals surface area contributed by atoms with Crippen LogP contribution in [-0.4, -0.2) is 33.9 Å². The van der Waals surface area contributed by atoms with Gasteiger partial charge < -0.3 is 10.4 Å². The van der Waals surface area contributed by atoms with Crippen LogP contribution in [0.3, 0.4) is 0 Å². The largest absolute Gasteiger partial charge is 0.396 e. The van der Waals surface area contributed by atoms with E-state index in [1.807, 2.05) is 6.07 Å². The number of nitrogens with one attached hydrogen (secondary N) is 1. The summed E-state index contributed by atoms with van der Waals surface area (Å²) in [5, 5.41) is 13.2. The summed E-state index contributed by atoms with van der Waals surface area (Å²) in [5.41, 5.74) is 1.72. The number of halogens is 1. The van der Waals surface area contributed by atoms with Crippen LogP contribution in [0.4, 0.5) is 4.39 Å². The molecule has 1 unspecified atom stereocenters. The van der Waals surface area contributed by atoms with Gasteiger partial charge in [-0.3, -0.25) is 9.36 Å². The normalized spacial score (nSPS) is 16.4. The maximum Gasteiger partial charge on any atom is 0.262 e. The van der Waals surface area contributed by atoms with E-state index >= 15 is 0 Å². The third-order valence-corrected chi connectivity index (χ3v) is 6.55. The molecular weight excluding hydrogens is 377 g/mol. The third kappa shape index (κ3) is 3.87. The SMILES string of the molecule is O=c1c2c3c(sc2ncn1CCc1ccccc1F)CC(NCCCO)CC3. The second kappa shape index (κ2) is 8.51. The second-order valence-electron chi connectivity index (χ2n) is 7.24. The molecule has 7 heteroatoms. The number of aliphatic hydroxyl groups excluding tert-OH is 1. The van der Waals surface area contributed by atoms with Crippen LogP contribution in [-0.2, 0) is 25.8 Å². The molecule has 4 rings (SSSR count). The summed E-state index contributed by atoms with van der Waals surface area (Å²) in [6.45, 7) is 1.42. The number of aryl methyl sites for hydroxylation is 3.